The molecule has 1 N–H and O–H groups in total. The van der Waals surface area contributed by atoms with Gasteiger partial charge in [-0.1, -0.05) is 25.5 Å². The lowest BCUT2D eigenvalue weighted by Gasteiger charge is -2.61. The van der Waals surface area contributed by atoms with Gasteiger partial charge in [0.1, 0.15) is 5.78 Å². The molecule has 2 nitrogen and oxygen atoms in total. The summed E-state index contributed by atoms with van der Waals surface area (Å²) in [6.45, 7) is 4.97. The van der Waals surface area contributed by atoms with Crippen molar-refractivity contribution in [3.63, 3.8) is 0 Å². The number of carbonyl (C=O) groups is 1. The van der Waals surface area contributed by atoms with Crippen molar-refractivity contribution in [2.75, 3.05) is 0 Å². The third-order valence-corrected chi connectivity index (χ3v) is 9.76. The minimum atomic E-state index is -0.114. The fourth-order valence-corrected chi connectivity index (χ4v) is 8.17. The van der Waals surface area contributed by atoms with Gasteiger partial charge in [0.25, 0.3) is 0 Å². The Bertz CT molecular complexity index is 621. The number of carbonyl (C=O) groups excluding carboxylic acids is 1. The van der Waals surface area contributed by atoms with Gasteiger partial charge in [0.2, 0.25) is 0 Å². The Morgan fingerprint density at radius 1 is 1.04 bits per heavy atom. The molecule has 0 aromatic heterocycles. The summed E-state index contributed by atoms with van der Waals surface area (Å²) in [6, 6.07) is 0. The van der Waals surface area contributed by atoms with Crippen LogP contribution in [0.4, 0.5) is 0 Å². The molecule has 0 aliphatic heterocycles. The van der Waals surface area contributed by atoms with E-state index in [0.29, 0.717) is 11.2 Å². The van der Waals surface area contributed by atoms with Crippen LogP contribution < -0.4 is 0 Å². The van der Waals surface area contributed by atoms with Crippen LogP contribution in [-0.2, 0) is 4.79 Å². The van der Waals surface area contributed by atoms with Crippen molar-refractivity contribution in [1.82, 2.24) is 0 Å². The summed E-state index contributed by atoms with van der Waals surface area (Å²) in [4.78, 5) is 12.6. The zero-order chi connectivity index (χ0) is 16.7. The van der Waals surface area contributed by atoms with Crippen molar-refractivity contribution < 1.29 is 9.90 Å². The molecule has 0 amide bonds. The van der Waals surface area contributed by atoms with Gasteiger partial charge >= 0.3 is 0 Å². The molecule has 0 aromatic rings. The van der Waals surface area contributed by atoms with Gasteiger partial charge in [-0.05, 0) is 86.4 Å². The summed E-state index contributed by atoms with van der Waals surface area (Å²) >= 11 is 0. The van der Waals surface area contributed by atoms with E-state index in [0.717, 1.165) is 43.4 Å². The maximum Gasteiger partial charge on any atom is 0.139 e. The summed E-state index contributed by atoms with van der Waals surface area (Å²) < 4.78 is 0. The van der Waals surface area contributed by atoms with E-state index in [-0.39, 0.29) is 16.9 Å². The van der Waals surface area contributed by atoms with E-state index in [1.165, 1.54) is 38.5 Å². The van der Waals surface area contributed by atoms with Crippen molar-refractivity contribution >= 4 is 5.78 Å². The Kier molecular flexibility index (Phi) is 3.09. The van der Waals surface area contributed by atoms with Crippen LogP contribution in [0.25, 0.3) is 0 Å². The molecule has 7 atom stereocenters. The SMILES string of the molecule is C[C@]12CC[C@@H](O)CC1=CC[C@@H]1[C@@H]2CC[C@@]2(C)[C@H]1CC[C@@]21CCC1=O. The Morgan fingerprint density at radius 3 is 2.54 bits per heavy atom. The molecule has 5 rings (SSSR count). The van der Waals surface area contributed by atoms with Gasteiger partial charge in [-0.25, -0.2) is 0 Å². The smallest absolute Gasteiger partial charge is 0.139 e. The van der Waals surface area contributed by atoms with Gasteiger partial charge in [-0.15, -0.1) is 0 Å². The van der Waals surface area contributed by atoms with Crippen molar-refractivity contribution in [3.8, 4) is 0 Å². The molecular formula is C22H32O2. The zero-order valence-corrected chi connectivity index (χ0v) is 15.3. The first-order valence-electron chi connectivity index (χ1n) is 10.3. The summed E-state index contributed by atoms with van der Waals surface area (Å²) in [5, 5.41) is 10.1. The van der Waals surface area contributed by atoms with Crippen LogP contribution in [-0.4, -0.2) is 17.0 Å². The lowest BCUT2D eigenvalue weighted by atomic mass is 9.43. The molecule has 132 valence electrons. The first kappa shape index (κ1) is 15.6. The first-order valence-corrected chi connectivity index (χ1v) is 10.3. The number of fused-ring (bicyclic) bond motifs is 6. The van der Waals surface area contributed by atoms with Gasteiger partial charge in [0.15, 0.2) is 0 Å². The van der Waals surface area contributed by atoms with E-state index >= 15 is 0 Å². The van der Waals surface area contributed by atoms with Crippen LogP contribution in [0.5, 0.6) is 0 Å². The van der Waals surface area contributed by atoms with Crippen LogP contribution >= 0.6 is 0 Å². The third-order valence-electron chi connectivity index (χ3n) is 9.76. The molecular weight excluding hydrogens is 296 g/mol. The molecule has 0 bridgehead atoms. The molecule has 0 radical (unpaired) electrons. The van der Waals surface area contributed by atoms with Gasteiger partial charge < -0.3 is 5.11 Å². The number of allylic oxidation sites excluding steroid dienone is 1. The number of rotatable bonds is 0. The van der Waals surface area contributed by atoms with Crippen LogP contribution in [0.15, 0.2) is 11.6 Å². The molecule has 0 aromatic carbocycles. The molecule has 5 aliphatic carbocycles. The average molecular weight is 328 g/mol. The van der Waals surface area contributed by atoms with Crippen LogP contribution in [0.1, 0.15) is 78.1 Å². The number of hydrogen-bond donors (Lipinski definition) is 1. The van der Waals surface area contributed by atoms with E-state index in [2.05, 4.69) is 19.9 Å². The molecule has 0 heterocycles. The average Bonchev–Trinajstić information content (AvgIpc) is 2.89. The predicted octanol–water partition coefficient (Wildman–Crippen LogP) is 4.66. The van der Waals surface area contributed by atoms with Crippen molar-refractivity contribution in [2.45, 2.75) is 84.2 Å². The predicted molar refractivity (Wildman–Crippen MR) is 94.4 cm³/mol. The van der Waals surface area contributed by atoms with Gasteiger partial charge in [-0.3, -0.25) is 4.79 Å². The highest BCUT2D eigenvalue weighted by molar-refractivity contribution is 5.91. The minimum absolute atomic E-state index is 0.0658. The monoisotopic (exact) mass is 328 g/mol. The van der Waals surface area contributed by atoms with E-state index in [4.69, 9.17) is 0 Å². The Hall–Kier alpha value is -0.630. The largest absolute Gasteiger partial charge is 0.393 e. The van der Waals surface area contributed by atoms with Gasteiger partial charge in [-0.2, -0.15) is 0 Å². The molecule has 1 spiro atoms. The lowest BCUT2D eigenvalue weighted by Crippen LogP contribution is -2.57. The van der Waals surface area contributed by atoms with Crippen molar-refractivity contribution in [3.05, 3.63) is 11.6 Å². The maximum atomic E-state index is 12.6. The molecule has 24 heavy (non-hydrogen) atoms. The Labute approximate surface area is 146 Å². The van der Waals surface area contributed by atoms with Crippen LogP contribution in [0.2, 0.25) is 0 Å². The highest BCUT2D eigenvalue weighted by atomic mass is 16.3. The molecule has 0 saturated heterocycles. The Morgan fingerprint density at radius 2 is 1.83 bits per heavy atom. The quantitative estimate of drug-likeness (QED) is 0.657. The summed E-state index contributed by atoms with van der Waals surface area (Å²) in [5.41, 5.74) is 2.22. The maximum absolute atomic E-state index is 12.6. The third kappa shape index (κ3) is 1.65. The number of ketones is 1. The fourth-order valence-electron chi connectivity index (χ4n) is 8.17. The second-order valence-electron chi connectivity index (χ2n) is 10.2. The summed E-state index contributed by atoms with van der Waals surface area (Å²) in [5.74, 6) is 2.90. The van der Waals surface area contributed by atoms with Crippen molar-refractivity contribution in [2.24, 2.45) is 34.0 Å². The van der Waals surface area contributed by atoms with Crippen LogP contribution in [0.3, 0.4) is 0 Å². The van der Waals surface area contributed by atoms with E-state index in [9.17, 15) is 9.90 Å². The Balaban J connectivity index is 1.50. The first-order chi connectivity index (χ1) is 11.4. The normalized spacial score (nSPS) is 56.1. The topological polar surface area (TPSA) is 37.3 Å². The number of aliphatic hydroxyl groups is 1. The number of Topliss-reactive ketones (excluding diaryl/α,β-unsaturated/α-hetero) is 1. The second-order valence-corrected chi connectivity index (χ2v) is 10.2. The summed E-state index contributed by atoms with van der Waals surface area (Å²) in [6.07, 6.45) is 13.7. The molecule has 0 unspecified atom stereocenters. The second kappa shape index (κ2) is 4.75. The highest BCUT2D eigenvalue weighted by Gasteiger charge is 2.68. The minimum Gasteiger partial charge on any atom is -0.393 e. The number of hydrogen-bond acceptors (Lipinski definition) is 2. The highest BCUT2D eigenvalue weighted by Crippen LogP contribution is 2.72. The number of aliphatic hydroxyl groups excluding tert-OH is 1. The molecule has 5 aliphatic rings. The summed E-state index contributed by atoms with van der Waals surface area (Å²) in [7, 11) is 0. The lowest BCUT2D eigenvalue weighted by molar-refractivity contribution is -0.156. The van der Waals surface area contributed by atoms with Crippen molar-refractivity contribution in [1.29, 1.82) is 0 Å². The molecule has 2 heteroatoms. The fraction of sp³-hybridized carbons (Fsp3) is 0.864. The van der Waals surface area contributed by atoms with Crippen LogP contribution in [0, 0.1) is 34.0 Å². The zero-order valence-electron chi connectivity index (χ0n) is 15.3. The van der Waals surface area contributed by atoms with E-state index in [1.807, 2.05) is 0 Å². The van der Waals surface area contributed by atoms with E-state index < -0.39 is 0 Å². The standard InChI is InChI=1S/C22H32O2/c1-20-9-5-15(23)13-14(20)3-4-16-17(20)6-10-21(2)18(16)7-11-22(21)12-8-19(22)24/h3,15-18,23H,4-13H2,1-2H3/t15-,16-,17+,18+,20+,21+,22+/m1/s1. The van der Waals surface area contributed by atoms with Gasteiger partial charge in [0, 0.05) is 11.8 Å². The van der Waals surface area contributed by atoms with E-state index in [1.54, 1.807) is 5.57 Å². The molecule has 4 fully saturated rings. The van der Waals surface area contributed by atoms with Gasteiger partial charge in [0.05, 0.1) is 6.10 Å². The molecule has 4 saturated carbocycles.